The Hall–Kier alpha value is -2.19. The van der Waals surface area contributed by atoms with Crippen molar-refractivity contribution in [3.05, 3.63) is 40.1 Å². The van der Waals surface area contributed by atoms with E-state index in [1.807, 2.05) is 0 Å². The molecule has 2 heterocycles. The van der Waals surface area contributed by atoms with E-state index < -0.39 is 29.5 Å². The van der Waals surface area contributed by atoms with E-state index in [1.54, 1.807) is 4.98 Å². The van der Waals surface area contributed by atoms with Crippen LogP contribution in [0.3, 0.4) is 0 Å². The third kappa shape index (κ3) is 2.43. The summed E-state index contributed by atoms with van der Waals surface area (Å²) in [5.41, 5.74) is -3.36. The predicted molar refractivity (Wildman–Crippen MR) is 59.2 cm³/mol. The van der Waals surface area contributed by atoms with Gasteiger partial charge in [-0.25, -0.2) is 8.78 Å². The van der Waals surface area contributed by atoms with Crippen LogP contribution in [0.25, 0.3) is 11.1 Å². The Balaban J connectivity index is 2.58. The quantitative estimate of drug-likeness (QED) is 0.866. The van der Waals surface area contributed by atoms with Gasteiger partial charge in [0.25, 0.3) is 12.0 Å². The van der Waals surface area contributed by atoms with E-state index >= 15 is 0 Å². The number of nitrogens with one attached hydrogen (secondary N) is 1. The third-order valence-corrected chi connectivity index (χ3v) is 2.70. The zero-order valence-electron chi connectivity index (χ0n) is 10.0. The van der Waals surface area contributed by atoms with Gasteiger partial charge in [0.05, 0.1) is 11.8 Å². The maximum Gasteiger partial charge on any atom is 0.431 e. The molecule has 0 amide bonds. The van der Waals surface area contributed by atoms with Crippen LogP contribution >= 0.6 is 0 Å². The van der Waals surface area contributed by atoms with Gasteiger partial charge in [-0.2, -0.15) is 18.3 Å². The molecule has 0 fully saturated rings. The van der Waals surface area contributed by atoms with Crippen LogP contribution in [0.4, 0.5) is 22.0 Å². The molecular formula is C11H8F5N3O. The molecular weight excluding hydrogens is 285 g/mol. The summed E-state index contributed by atoms with van der Waals surface area (Å²) in [6.45, 7) is 0. The van der Waals surface area contributed by atoms with Crippen molar-refractivity contribution < 1.29 is 22.0 Å². The van der Waals surface area contributed by atoms with Crippen LogP contribution in [0.5, 0.6) is 0 Å². The highest BCUT2D eigenvalue weighted by atomic mass is 19.4. The normalized spacial score (nSPS) is 12.2. The van der Waals surface area contributed by atoms with Crippen LogP contribution in [0, 0.1) is 0 Å². The molecule has 0 aliphatic rings. The highest BCUT2D eigenvalue weighted by Crippen LogP contribution is 2.31. The molecule has 1 N–H and O–H groups in total. The van der Waals surface area contributed by atoms with E-state index in [0.717, 1.165) is 16.9 Å². The first-order valence-electron chi connectivity index (χ1n) is 5.32. The number of hydrogen-bond acceptors (Lipinski definition) is 2. The molecule has 9 heteroatoms. The summed E-state index contributed by atoms with van der Waals surface area (Å²) in [6.07, 6.45) is -6.60. The predicted octanol–water partition coefficient (Wildman–Crippen LogP) is 2.73. The smallest absolute Gasteiger partial charge is 0.318 e. The lowest BCUT2D eigenvalue weighted by Crippen LogP contribution is -2.17. The molecule has 0 aliphatic carbocycles. The van der Waals surface area contributed by atoms with Crippen molar-refractivity contribution in [1.82, 2.24) is 14.8 Å². The van der Waals surface area contributed by atoms with Gasteiger partial charge in [0, 0.05) is 12.6 Å². The third-order valence-electron chi connectivity index (χ3n) is 2.70. The minimum Gasteiger partial charge on any atom is -0.318 e. The number of aryl methyl sites for hydroxylation is 1. The molecule has 0 spiro atoms. The second-order valence-corrected chi connectivity index (χ2v) is 3.98. The van der Waals surface area contributed by atoms with E-state index in [-0.39, 0.29) is 11.1 Å². The number of pyridine rings is 1. The first kappa shape index (κ1) is 14.2. The largest absolute Gasteiger partial charge is 0.431 e. The molecule has 0 aromatic carbocycles. The van der Waals surface area contributed by atoms with Crippen molar-refractivity contribution in [3.63, 3.8) is 0 Å². The van der Waals surface area contributed by atoms with Crippen LogP contribution in [-0.4, -0.2) is 14.8 Å². The van der Waals surface area contributed by atoms with Gasteiger partial charge in [0.2, 0.25) is 0 Å². The molecule has 4 nitrogen and oxygen atoms in total. The van der Waals surface area contributed by atoms with E-state index in [1.165, 1.54) is 7.05 Å². The summed E-state index contributed by atoms with van der Waals surface area (Å²) in [5.74, 6) is 0. The van der Waals surface area contributed by atoms with Crippen molar-refractivity contribution in [1.29, 1.82) is 0 Å². The maximum atomic E-state index is 12.9. The minimum absolute atomic E-state index is 0.197. The Kier molecular flexibility index (Phi) is 3.36. The molecule has 2 aromatic heterocycles. The first-order valence-corrected chi connectivity index (χ1v) is 5.32. The summed E-state index contributed by atoms with van der Waals surface area (Å²) in [7, 11) is 1.25. The first-order chi connectivity index (χ1) is 9.21. The van der Waals surface area contributed by atoms with Crippen LogP contribution in [0.15, 0.2) is 23.1 Å². The van der Waals surface area contributed by atoms with E-state index in [0.29, 0.717) is 6.07 Å². The topological polar surface area (TPSA) is 50.7 Å². The molecule has 108 valence electrons. The van der Waals surface area contributed by atoms with Gasteiger partial charge in [-0.05, 0) is 12.1 Å². The lowest BCUT2D eigenvalue weighted by atomic mass is 10.1. The Morgan fingerprint density at radius 2 is 1.90 bits per heavy atom. The zero-order valence-corrected chi connectivity index (χ0v) is 10.0. The molecule has 0 atom stereocenters. The highest BCUT2D eigenvalue weighted by Gasteiger charge is 2.32. The van der Waals surface area contributed by atoms with E-state index in [4.69, 9.17) is 0 Å². The Labute approximate surface area is 108 Å². The van der Waals surface area contributed by atoms with Crippen molar-refractivity contribution in [2.45, 2.75) is 12.6 Å². The monoisotopic (exact) mass is 293 g/mol. The average Bonchev–Trinajstić information content (AvgIpc) is 2.69. The van der Waals surface area contributed by atoms with Crippen molar-refractivity contribution in [2.24, 2.45) is 7.05 Å². The lowest BCUT2D eigenvalue weighted by molar-refractivity contribution is -0.141. The summed E-state index contributed by atoms with van der Waals surface area (Å²) in [4.78, 5) is 13.3. The highest BCUT2D eigenvalue weighted by molar-refractivity contribution is 5.64. The van der Waals surface area contributed by atoms with Gasteiger partial charge in [-0.15, -0.1) is 0 Å². The molecule has 0 saturated heterocycles. The van der Waals surface area contributed by atoms with Gasteiger partial charge < -0.3 is 4.98 Å². The molecule has 0 radical (unpaired) electrons. The zero-order chi connectivity index (χ0) is 15.1. The standard InChI is InChI=1S/C11H8F5N3O/c1-19-8(9(12)13)6(4-17-19)5-2-3-7(11(14,15)16)18-10(5)20/h2-4,9H,1H3,(H,18,20). The Morgan fingerprint density at radius 1 is 1.25 bits per heavy atom. The van der Waals surface area contributed by atoms with Crippen LogP contribution in [0.2, 0.25) is 0 Å². The number of aromatic amines is 1. The summed E-state index contributed by atoms with van der Waals surface area (Å²) in [6, 6.07) is 1.48. The second-order valence-electron chi connectivity index (χ2n) is 3.98. The van der Waals surface area contributed by atoms with Crippen molar-refractivity contribution >= 4 is 0 Å². The number of aromatic nitrogens is 3. The Morgan fingerprint density at radius 3 is 2.40 bits per heavy atom. The maximum absolute atomic E-state index is 12.9. The fourth-order valence-corrected chi connectivity index (χ4v) is 1.76. The van der Waals surface area contributed by atoms with Gasteiger partial charge in [0.15, 0.2) is 0 Å². The van der Waals surface area contributed by atoms with E-state index in [2.05, 4.69) is 5.10 Å². The van der Waals surface area contributed by atoms with E-state index in [9.17, 15) is 26.7 Å². The second kappa shape index (κ2) is 4.73. The molecule has 0 aliphatic heterocycles. The molecule has 0 saturated carbocycles. The SMILES string of the molecule is Cn1ncc(-c2ccc(C(F)(F)F)[nH]c2=O)c1C(F)F. The lowest BCUT2D eigenvalue weighted by Gasteiger charge is -2.08. The molecule has 20 heavy (non-hydrogen) atoms. The van der Waals surface area contributed by atoms with Gasteiger partial charge in [-0.1, -0.05) is 0 Å². The minimum atomic E-state index is -4.71. The number of alkyl halides is 5. The van der Waals surface area contributed by atoms with Crippen molar-refractivity contribution in [2.75, 3.05) is 0 Å². The number of nitrogens with zero attached hydrogens (tertiary/aromatic N) is 2. The molecule has 2 aromatic rings. The van der Waals surface area contributed by atoms with Crippen LogP contribution in [-0.2, 0) is 13.2 Å². The van der Waals surface area contributed by atoms with Crippen LogP contribution < -0.4 is 5.56 Å². The van der Waals surface area contributed by atoms with Gasteiger partial charge >= 0.3 is 6.18 Å². The fraction of sp³-hybridized carbons (Fsp3) is 0.273. The average molecular weight is 293 g/mol. The summed E-state index contributed by atoms with van der Waals surface area (Å²) < 4.78 is 63.8. The van der Waals surface area contributed by atoms with Crippen LogP contribution in [0.1, 0.15) is 17.8 Å². The summed E-state index contributed by atoms with van der Waals surface area (Å²) in [5, 5.41) is 3.59. The number of halogens is 5. The Bertz CT molecular complexity index is 686. The van der Waals surface area contributed by atoms with Gasteiger partial charge in [-0.3, -0.25) is 9.48 Å². The molecule has 2 rings (SSSR count). The van der Waals surface area contributed by atoms with Crippen molar-refractivity contribution in [3.8, 4) is 11.1 Å². The number of rotatable bonds is 2. The number of hydrogen-bond donors (Lipinski definition) is 1. The molecule has 0 unspecified atom stereocenters. The fourth-order valence-electron chi connectivity index (χ4n) is 1.76. The molecule has 0 bridgehead atoms. The summed E-state index contributed by atoms with van der Waals surface area (Å²) >= 11 is 0. The van der Waals surface area contributed by atoms with Gasteiger partial charge in [0.1, 0.15) is 11.4 Å². The number of H-pyrrole nitrogens is 1.